The molecule has 0 bridgehead atoms. The number of likely N-dealkylation sites (N-methyl/N-ethyl adjacent to an activating group) is 1. The van der Waals surface area contributed by atoms with Gasteiger partial charge in [-0.15, -0.1) is 24.0 Å². The molecule has 1 heterocycles. The topological polar surface area (TPSA) is 48.1 Å². The third-order valence-corrected chi connectivity index (χ3v) is 5.18. The summed E-state index contributed by atoms with van der Waals surface area (Å²) in [5, 5.41) is 0.779. The van der Waals surface area contributed by atoms with Crippen molar-refractivity contribution in [3.8, 4) is 0 Å². The minimum Gasteiger partial charge on any atom is -0.370 e. The molecule has 25 heavy (non-hydrogen) atoms. The first-order chi connectivity index (χ1) is 11.7. The fraction of sp³-hybridized carbons (Fsp3) is 0.611. The number of aliphatic imine (C=N–C) groups is 1. The van der Waals surface area contributed by atoms with Crippen molar-refractivity contribution in [1.82, 2.24) is 9.80 Å². The molecule has 0 spiro atoms. The number of anilines is 1. The normalized spacial score (nSPS) is 18.4. The van der Waals surface area contributed by atoms with Gasteiger partial charge in [0.1, 0.15) is 0 Å². The van der Waals surface area contributed by atoms with Crippen LogP contribution in [0.4, 0.5) is 5.69 Å². The number of nitrogens with two attached hydrogens (primary N) is 1. The summed E-state index contributed by atoms with van der Waals surface area (Å²) in [6.45, 7) is 8.90. The van der Waals surface area contributed by atoms with Crippen molar-refractivity contribution < 1.29 is 0 Å². The van der Waals surface area contributed by atoms with Crippen molar-refractivity contribution in [2.45, 2.75) is 25.8 Å². The number of halogens is 2. The van der Waals surface area contributed by atoms with Gasteiger partial charge in [-0.1, -0.05) is 18.5 Å². The Kier molecular flexibility index (Phi) is 8.09. The van der Waals surface area contributed by atoms with E-state index in [4.69, 9.17) is 17.3 Å². The predicted molar refractivity (Wildman–Crippen MR) is 117 cm³/mol. The molecule has 1 saturated carbocycles. The molecular weight excluding hydrogens is 449 g/mol. The first kappa shape index (κ1) is 20.6. The molecule has 2 fully saturated rings. The Balaban J connectivity index is 0.00000225. The molecule has 0 aromatic heterocycles. The van der Waals surface area contributed by atoms with E-state index in [0.717, 1.165) is 56.9 Å². The minimum atomic E-state index is 0. The van der Waals surface area contributed by atoms with Crippen molar-refractivity contribution in [1.29, 1.82) is 0 Å². The van der Waals surface area contributed by atoms with Gasteiger partial charge in [0, 0.05) is 49.5 Å². The lowest BCUT2D eigenvalue weighted by Gasteiger charge is -2.36. The van der Waals surface area contributed by atoms with Crippen LogP contribution in [0.25, 0.3) is 0 Å². The second kappa shape index (κ2) is 9.83. The van der Waals surface area contributed by atoms with Crippen LogP contribution in [0.1, 0.15) is 19.8 Å². The minimum absolute atomic E-state index is 0. The summed E-state index contributed by atoms with van der Waals surface area (Å²) < 4.78 is 0. The van der Waals surface area contributed by atoms with Gasteiger partial charge in [-0.05, 0) is 43.7 Å². The third-order valence-electron chi connectivity index (χ3n) is 4.93. The zero-order chi connectivity index (χ0) is 16.9. The van der Waals surface area contributed by atoms with E-state index in [1.807, 2.05) is 12.1 Å². The Morgan fingerprint density at radius 2 is 1.84 bits per heavy atom. The largest absolute Gasteiger partial charge is 0.370 e. The molecule has 0 atom stereocenters. The molecule has 2 N–H and O–H groups in total. The maximum absolute atomic E-state index is 6.19. The van der Waals surface area contributed by atoms with E-state index >= 15 is 0 Å². The molecule has 2 aliphatic rings. The molecule has 0 radical (unpaired) electrons. The van der Waals surface area contributed by atoms with Crippen molar-refractivity contribution in [3.05, 3.63) is 29.3 Å². The van der Waals surface area contributed by atoms with E-state index in [-0.39, 0.29) is 24.0 Å². The monoisotopic (exact) mass is 477 g/mol. The molecule has 1 saturated heterocycles. The molecular formula is C18H29ClIN5. The first-order valence-electron chi connectivity index (χ1n) is 8.97. The molecule has 5 nitrogen and oxygen atoms in total. The number of hydrogen-bond acceptors (Lipinski definition) is 3. The number of benzene rings is 1. The number of hydrogen-bond donors (Lipinski definition) is 1. The summed E-state index contributed by atoms with van der Waals surface area (Å²) in [6.07, 6.45) is 2.69. The maximum Gasteiger partial charge on any atom is 0.191 e. The molecule has 1 aromatic carbocycles. The van der Waals surface area contributed by atoms with Crippen LogP contribution in [0.3, 0.4) is 0 Å². The fourth-order valence-electron chi connectivity index (χ4n) is 3.28. The van der Waals surface area contributed by atoms with Crippen LogP contribution in [0, 0.1) is 0 Å². The summed E-state index contributed by atoms with van der Waals surface area (Å²) in [4.78, 5) is 11.7. The lowest BCUT2D eigenvalue weighted by Crippen LogP contribution is -2.51. The maximum atomic E-state index is 6.19. The van der Waals surface area contributed by atoms with E-state index < -0.39 is 0 Å². The van der Waals surface area contributed by atoms with Gasteiger partial charge in [0.25, 0.3) is 0 Å². The highest BCUT2D eigenvalue weighted by atomic mass is 127. The van der Waals surface area contributed by atoms with Gasteiger partial charge in [-0.3, -0.25) is 9.89 Å². The SMILES string of the molecule is CCN(CCN=C(N)N1CCN(c2ccc(Cl)cc2)CC1)C1CC1.I. The van der Waals surface area contributed by atoms with Crippen molar-refractivity contribution in [2.24, 2.45) is 10.7 Å². The lowest BCUT2D eigenvalue weighted by atomic mass is 10.2. The highest BCUT2D eigenvalue weighted by molar-refractivity contribution is 14.0. The van der Waals surface area contributed by atoms with Crippen LogP contribution in [0.5, 0.6) is 0 Å². The molecule has 1 aromatic rings. The standard InChI is InChI=1S/C18H28ClN5.HI/c1-2-22(16-7-8-16)10-9-21-18(20)24-13-11-23(12-14-24)17-5-3-15(19)4-6-17;/h3-6,16H,2,7-14H2,1H3,(H2,20,21);1H. The fourth-order valence-corrected chi connectivity index (χ4v) is 3.40. The Morgan fingerprint density at radius 3 is 2.40 bits per heavy atom. The molecule has 0 unspecified atom stereocenters. The van der Waals surface area contributed by atoms with Crippen LogP contribution in [0.2, 0.25) is 5.02 Å². The quantitative estimate of drug-likeness (QED) is 0.389. The van der Waals surface area contributed by atoms with Crippen LogP contribution >= 0.6 is 35.6 Å². The second-order valence-corrected chi connectivity index (χ2v) is 6.99. The van der Waals surface area contributed by atoms with Crippen LogP contribution in [-0.2, 0) is 0 Å². The van der Waals surface area contributed by atoms with E-state index in [1.54, 1.807) is 0 Å². The summed E-state index contributed by atoms with van der Waals surface area (Å²) >= 11 is 5.96. The first-order valence-corrected chi connectivity index (χ1v) is 9.34. The highest BCUT2D eigenvalue weighted by Crippen LogP contribution is 2.26. The second-order valence-electron chi connectivity index (χ2n) is 6.55. The number of nitrogens with zero attached hydrogens (tertiary/aromatic N) is 4. The Hall–Kier alpha value is -0.730. The Bertz CT molecular complexity index is 553. The molecule has 1 aliphatic carbocycles. The van der Waals surface area contributed by atoms with Gasteiger partial charge in [-0.25, -0.2) is 0 Å². The van der Waals surface area contributed by atoms with Crippen molar-refractivity contribution >= 4 is 47.2 Å². The molecule has 140 valence electrons. The average molecular weight is 478 g/mol. The van der Waals surface area contributed by atoms with Crippen LogP contribution in [-0.4, -0.2) is 67.6 Å². The van der Waals surface area contributed by atoms with E-state index in [1.165, 1.54) is 18.5 Å². The van der Waals surface area contributed by atoms with Gasteiger partial charge >= 0.3 is 0 Å². The number of guanidine groups is 1. The zero-order valence-electron chi connectivity index (χ0n) is 14.9. The summed E-state index contributed by atoms with van der Waals surface area (Å²) in [5.74, 6) is 0.692. The van der Waals surface area contributed by atoms with Crippen molar-refractivity contribution in [3.63, 3.8) is 0 Å². The number of rotatable bonds is 6. The number of piperazine rings is 1. The molecule has 7 heteroatoms. The average Bonchev–Trinajstić information content (AvgIpc) is 3.44. The summed E-state index contributed by atoms with van der Waals surface area (Å²) in [7, 11) is 0. The Morgan fingerprint density at radius 1 is 1.20 bits per heavy atom. The highest BCUT2D eigenvalue weighted by Gasteiger charge is 2.27. The van der Waals surface area contributed by atoms with E-state index in [0.29, 0.717) is 5.96 Å². The van der Waals surface area contributed by atoms with Gasteiger partial charge in [0.15, 0.2) is 5.96 Å². The smallest absolute Gasteiger partial charge is 0.191 e. The lowest BCUT2D eigenvalue weighted by molar-refractivity contribution is 0.285. The molecule has 0 amide bonds. The van der Waals surface area contributed by atoms with E-state index in [9.17, 15) is 0 Å². The van der Waals surface area contributed by atoms with Gasteiger partial charge in [0.05, 0.1) is 6.54 Å². The van der Waals surface area contributed by atoms with Crippen molar-refractivity contribution in [2.75, 3.05) is 50.7 Å². The summed E-state index contributed by atoms with van der Waals surface area (Å²) in [6, 6.07) is 8.84. The summed E-state index contributed by atoms with van der Waals surface area (Å²) in [5.41, 5.74) is 7.41. The predicted octanol–water partition coefficient (Wildman–Crippen LogP) is 2.88. The van der Waals surface area contributed by atoms with Crippen LogP contribution < -0.4 is 10.6 Å². The molecule has 3 rings (SSSR count). The van der Waals surface area contributed by atoms with E-state index in [2.05, 4.69) is 38.7 Å². The van der Waals surface area contributed by atoms with Gasteiger partial charge < -0.3 is 15.5 Å². The Labute approximate surface area is 173 Å². The van der Waals surface area contributed by atoms with Crippen LogP contribution in [0.15, 0.2) is 29.3 Å². The zero-order valence-corrected chi connectivity index (χ0v) is 18.0. The third kappa shape index (κ3) is 5.89. The molecule has 1 aliphatic heterocycles. The van der Waals surface area contributed by atoms with Gasteiger partial charge in [-0.2, -0.15) is 0 Å². The van der Waals surface area contributed by atoms with Gasteiger partial charge in [0.2, 0.25) is 0 Å².